The molecule has 6 nitrogen and oxygen atoms in total. The summed E-state index contributed by atoms with van der Waals surface area (Å²) in [7, 11) is 1.21. The number of carbonyl (C=O) groups excluding carboxylic acids is 2. The monoisotopic (exact) mass is 313 g/mol. The molecule has 0 aromatic heterocycles. The van der Waals surface area contributed by atoms with E-state index in [1.54, 1.807) is 20.8 Å². The second kappa shape index (κ2) is 7.63. The van der Waals surface area contributed by atoms with Crippen molar-refractivity contribution in [3.05, 3.63) is 24.0 Å². The molecule has 1 aromatic rings. The number of esters is 2. The van der Waals surface area contributed by atoms with Crippen molar-refractivity contribution in [2.24, 2.45) is 0 Å². The van der Waals surface area contributed by atoms with Crippen LogP contribution in [0, 0.1) is 5.82 Å². The predicted molar refractivity (Wildman–Crippen MR) is 78.2 cm³/mol. The lowest BCUT2D eigenvalue weighted by Crippen LogP contribution is -2.28. The second-order valence-electron chi connectivity index (χ2n) is 5.45. The molecule has 0 amide bonds. The number of nitrogens with one attached hydrogen (secondary N) is 1. The summed E-state index contributed by atoms with van der Waals surface area (Å²) in [5, 5.41) is 2.75. The van der Waals surface area contributed by atoms with Crippen LogP contribution < -0.4 is 10.1 Å². The molecule has 22 heavy (non-hydrogen) atoms. The standard InChI is InChI=1S/C15H20FNO5/c1-15(2,3)22-13(18)8-17-10-5-6-12(11(16)7-10)21-9-14(19)20-4/h5-7,17H,8-9H2,1-4H3. The number of ether oxygens (including phenoxy) is 3. The fourth-order valence-electron chi connectivity index (χ4n) is 1.48. The van der Waals surface area contributed by atoms with Crippen LogP contribution >= 0.6 is 0 Å². The first-order valence-corrected chi connectivity index (χ1v) is 6.66. The number of hydrogen-bond donors (Lipinski definition) is 1. The molecular weight excluding hydrogens is 293 g/mol. The van der Waals surface area contributed by atoms with Crippen LogP contribution in [0.3, 0.4) is 0 Å². The van der Waals surface area contributed by atoms with Crippen molar-refractivity contribution < 1.29 is 28.2 Å². The fourth-order valence-corrected chi connectivity index (χ4v) is 1.48. The van der Waals surface area contributed by atoms with E-state index in [1.807, 2.05) is 0 Å². The van der Waals surface area contributed by atoms with Crippen molar-refractivity contribution >= 4 is 17.6 Å². The molecule has 0 saturated heterocycles. The van der Waals surface area contributed by atoms with Crippen LogP contribution in [0.4, 0.5) is 10.1 Å². The largest absolute Gasteiger partial charge is 0.479 e. The van der Waals surface area contributed by atoms with E-state index in [0.717, 1.165) is 6.07 Å². The van der Waals surface area contributed by atoms with Crippen LogP contribution in [0.2, 0.25) is 0 Å². The first-order chi connectivity index (χ1) is 10.2. The van der Waals surface area contributed by atoms with Crippen molar-refractivity contribution in [2.45, 2.75) is 26.4 Å². The van der Waals surface area contributed by atoms with Crippen molar-refractivity contribution in [3.63, 3.8) is 0 Å². The predicted octanol–water partition coefficient (Wildman–Crippen LogP) is 2.13. The third-order valence-corrected chi connectivity index (χ3v) is 2.36. The summed E-state index contributed by atoms with van der Waals surface area (Å²) in [4.78, 5) is 22.5. The molecule has 0 unspecified atom stereocenters. The highest BCUT2D eigenvalue weighted by Crippen LogP contribution is 2.21. The van der Waals surface area contributed by atoms with Crippen LogP contribution in [0.15, 0.2) is 18.2 Å². The Morgan fingerprint density at radius 1 is 1.23 bits per heavy atom. The van der Waals surface area contributed by atoms with Crippen molar-refractivity contribution in [3.8, 4) is 5.75 Å². The molecule has 0 aliphatic heterocycles. The Hall–Kier alpha value is -2.31. The summed E-state index contributed by atoms with van der Waals surface area (Å²) in [6.45, 7) is 4.82. The average Bonchev–Trinajstić information content (AvgIpc) is 2.41. The lowest BCUT2D eigenvalue weighted by atomic mass is 10.2. The van der Waals surface area contributed by atoms with E-state index in [9.17, 15) is 14.0 Å². The minimum absolute atomic E-state index is 0.0757. The van der Waals surface area contributed by atoms with Crippen LogP contribution in [0.25, 0.3) is 0 Å². The van der Waals surface area contributed by atoms with E-state index in [-0.39, 0.29) is 18.9 Å². The lowest BCUT2D eigenvalue weighted by Gasteiger charge is -2.19. The smallest absolute Gasteiger partial charge is 0.343 e. The first kappa shape index (κ1) is 17.7. The molecule has 1 N–H and O–H groups in total. The van der Waals surface area contributed by atoms with Gasteiger partial charge >= 0.3 is 11.9 Å². The van der Waals surface area contributed by atoms with Crippen molar-refractivity contribution in [1.29, 1.82) is 0 Å². The summed E-state index contributed by atoms with van der Waals surface area (Å²) in [5.41, 5.74) is -0.177. The molecule has 0 aliphatic carbocycles. The summed E-state index contributed by atoms with van der Waals surface area (Å²) in [5.74, 6) is -1.78. The number of halogens is 1. The third-order valence-electron chi connectivity index (χ3n) is 2.36. The van der Waals surface area contributed by atoms with Crippen LogP contribution in [-0.4, -0.2) is 37.8 Å². The Balaban J connectivity index is 2.55. The van der Waals surface area contributed by atoms with Gasteiger partial charge in [-0.1, -0.05) is 0 Å². The Labute approximate surface area is 128 Å². The normalized spacial score (nSPS) is 10.8. The van der Waals surface area contributed by atoms with Gasteiger partial charge < -0.3 is 19.5 Å². The van der Waals surface area contributed by atoms with Crippen LogP contribution in [-0.2, 0) is 19.1 Å². The molecule has 0 atom stereocenters. The zero-order chi connectivity index (χ0) is 16.8. The summed E-state index contributed by atoms with van der Waals surface area (Å²) >= 11 is 0. The topological polar surface area (TPSA) is 73.9 Å². The molecule has 7 heteroatoms. The van der Waals surface area contributed by atoms with Crippen molar-refractivity contribution in [2.75, 3.05) is 25.6 Å². The van der Waals surface area contributed by atoms with Gasteiger partial charge in [0.15, 0.2) is 18.2 Å². The van der Waals surface area contributed by atoms with Crippen LogP contribution in [0.5, 0.6) is 5.75 Å². The molecule has 0 bridgehead atoms. The Bertz CT molecular complexity index is 539. The average molecular weight is 313 g/mol. The minimum atomic E-state index is -0.655. The molecule has 0 saturated carbocycles. The maximum absolute atomic E-state index is 13.8. The van der Waals surface area contributed by atoms with E-state index in [4.69, 9.17) is 9.47 Å². The van der Waals surface area contributed by atoms with Gasteiger partial charge in [0.25, 0.3) is 0 Å². The molecular formula is C15H20FNO5. The van der Waals surface area contributed by atoms with Gasteiger partial charge in [-0.05, 0) is 32.9 Å². The van der Waals surface area contributed by atoms with Gasteiger partial charge in [-0.2, -0.15) is 0 Å². The van der Waals surface area contributed by atoms with Gasteiger partial charge in [-0.3, -0.25) is 4.79 Å². The number of methoxy groups -OCH3 is 1. The molecule has 0 fully saturated rings. The fraction of sp³-hybridized carbons (Fsp3) is 0.467. The number of carbonyl (C=O) groups is 2. The molecule has 0 heterocycles. The van der Waals surface area contributed by atoms with E-state index < -0.39 is 23.4 Å². The van der Waals surface area contributed by atoms with Gasteiger partial charge in [0.05, 0.1) is 7.11 Å². The molecule has 1 aromatic carbocycles. The third kappa shape index (κ3) is 6.43. The van der Waals surface area contributed by atoms with Gasteiger partial charge in [-0.25, -0.2) is 9.18 Å². The number of hydrogen-bond acceptors (Lipinski definition) is 6. The SMILES string of the molecule is COC(=O)COc1ccc(NCC(=O)OC(C)(C)C)cc1F. The molecule has 0 radical (unpaired) electrons. The molecule has 0 aliphatic rings. The zero-order valence-electron chi connectivity index (χ0n) is 13.1. The number of rotatable bonds is 6. The van der Waals surface area contributed by atoms with Gasteiger partial charge in [-0.15, -0.1) is 0 Å². The summed E-state index contributed by atoms with van der Waals surface area (Å²) in [6.07, 6.45) is 0. The molecule has 122 valence electrons. The summed E-state index contributed by atoms with van der Waals surface area (Å²) < 4.78 is 28.2. The quantitative estimate of drug-likeness (QED) is 0.811. The zero-order valence-corrected chi connectivity index (χ0v) is 13.1. The van der Waals surface area contributed by atoms with Gasteiger partial charge in [0.1, 0.15) is 12.1 Å². The van der Waals surface area contributed by atoms with Gasteiger partial charge in [0.2, 0.25) is 0 Å². The minimum Gasteiger partial charge on any atom is -0.479 e. The summed E-state index contributed by atoms with van der Waals surface area (Å²) in [6, 6.07) is 4.05. The van der Waals surface area contributed by atoms with E-state index in [0.29, 0.717) is 5.69 Å². The highest BCUT2D eigenvalue weighted by molar-refractivity contribution is 5.75. The Morgan fingerprint density at radius 3 is 2.45 bits per heavy atom. The Kier molecular flexibility index (Phi) is 6.15. The number of benzene rings is 1. The van der Waals surface area contributed by atoms with E-state index in [1.165, 1.54) is 19.2 Å². The maximum atomic E-state index is 13.8. The highest BCUT2D eigenvalue weighted by Gasteiger charge is 2.16. The first-order valence-electron chi connectivity index (χ1n) is 6.66. The maximum Gasteiger partial charge on any atom is 0.343 e. The van der Waals surface area contributed by atoms with Crippen LogP contribution in [0.1, 0.15) is 20.8 Å². The molecule has 0 spiro atoms. The second-order valence-corrected chi connectivity index (χ2v) is 5.45. The van der Waals surface area contributed by atoms with Crippen molar-refractivity contribution in [1.82, 2.24) is 0 Å². The van der Waals surface area contributed by atoms with E-state index >= 15 is 0 Å². The number of anilines is 1. The van der Waals surface area contributed by atoms with Gasteiger partial charge in [0, 0.05) is 11.8 Å². The Morgan fingerprint density at radius 2 is 1.91 bits per heavy atom. The molecule has 1 rings (SSSR count). The highest BCUT2D eigenvalue weighted by atomic mass is 19.1. The lowest BCUT2D eigenvalue weighted by molar-refractivity contribution is -0.152. The van der Waals surface area contributed by atoms with E-state index in [2.05, 4.69) is 10.1 Å².